The lowest BCUT2D eigenvalue weighted by Gasteiger charge is -2.25. The van der Waals surface area contributed by atoms with E-state index in [1.807, 2.05) is 6.07 Å². The van der Waals surface area contributed by atoms with Crippen LogP contribution in [0, 0.1) is 5.92 Å². The number of hydrogen-bond donors (Lipinski definition) is 1. The summed E-state index contributed by atoms with van der Waals surface area (Å²) >= 11 is 0. The third kappa shape index (κ3) is 4.34. The van der Waals surface area contributed by atoms with Crippen molar-refractivity contribution in [2.24, 2.45) is 5.92 Å². The Hall–Kier alpha value is -1.36. The molecule has 1 aliphatic rings. The van der Waals surface area contributed by atoms with Crippen molar-refractivity contribution in [2.45, 2.75) is 38.8 Å². The Kier molecular flexibility index (Phi) is 5.59. The maximum atomic E-state index is 12.3. The SMILES string of the molecule is COc1ccc(CNCCC2CCC2)cc1OC(F)F. The Morgan fingerprint density at radius 3 is 2.70 bits per heavy atom. The highest BCUT2D eigenvalue weighted by molar-refractivity contribution is 5.42. The highest BCUT2D eigenvalue weighted by atomic mass is 19.3. The maximum Gasteiger partial charge on any atom is 0.387 e. The van der Waals surface area contributed by atoms with Crippen molar-refractivity contribution in [3.8, 4) is 11.5 Å². The van der Waals surface area contributed by atoms with Crippen LogP contribution in [0.2, 0.25) is 0 Å². The van der Waals surface area contributed by atoms with Gasteiger partial charge in [0.15, 0.2) is 11.5 Å². The van der Waals surface area contributed by atoms with Crippen LogP contribution in [0.4, 0.5) is 8.78 Å². The van der Waals surface area contributed by atoms with Crippen molar-refractivity contribution in [1.29, 1.82) is 0 Å². The van der Waals surface area contributed by atoms with Gasteiger partial charge >= 0.3 is 6.61 Å². The van der Waals surface area contributed by atoms with Crippen molar-refractivity contribution >= 4 is 0 Å². The van der Waals surface area contributed by atoms with Gasteiger partial charge in [0, 0.05) is 6.54 Å². The second-order valence-electron chi connectivity index (χ2n) is 5.13. The molecule has 1 saturated carbocycles. The minimum Gasteiger partial charge on any atom is -0.493 e. The predicted octanol–water partition coefficient (Wildman–Crippen LogP) is 3.58. The van der Waals surface area contributed by atoms with E-state index < -0.39 is 6.61 Å². The van der Waals surface area contributed by atoms with E-state index in [1.54, 1.807) is 12.1 Å². The largest absolute Gasteiger partial charge is 0.493 e. The summed E-state index contributed by atoms with van der Waals surface area (Å²) < 4.78 is 34.1. The number of hydrogen-bond acceptors (Lipinski definition) is 3. The van der Waals surface area contributed by atoms with Crippen molar-refractivity contribution in [3.63, 3.8) is 0 Å². The molecule has 20 heavy (non-hydrogen) atoms. The average molecular weight is 285 g/mol. The highest BCUT2D eigenvalue weighted by Crippen LogP contribution is 2.30. The van der Waals surface area contributed by atoms with Crippen LogP contribution in [0.5, 0.6) is 11.5 Å². The Morgan fingerprint density at radius 2 is 2.10 bits per heavy atom. The van der Waals surface area contributed by atoms with Gasteiger partial charge in [0.25, 0.3) is 0 Å². The number of alkyl halides is 2. The Morgan fingerprint density at radius 1 is 1.30 bits per heavy atom. The van der Waals surface area contributed by atoms with Gasteiger partial charge in [-0.15, -0.1) is 0 Å². The fourth-order valence-corrected chi connectivity index (χ4v) is 2.34. The fourth-order valence-electron chi connectivity index (χ4n) is 2.34. The zero-order chi connectivity index (χ0) is 14.4. The number of rotatable bonds is 8. The highest BCUT2D eigenvalue weighted by Gasteiger charge is 2.16. The first-order chi connectivity index (χ1) is 9.69. The smallest absolute Gasteiger partial charge is 0.387 e. The van der Waals surface area contributed by atoms with Crippen LogP contribution in [0.1, 0.15) is 31.2 Å². The molecule has 2 rings (SSSR count). The molecule has 1 aromatic rings. The van der Waals surface area contributed by atoms with Gasteiger partial charge in [-0.25, -0.2) is 0 Å². The summed E-state index contributed by atoms with van der Waals surface area (Å²) in [6.07, 6.45) is 5.24. The number of nitrogens with one attached hydrogen (secondary N) is 1. The Balaban J connectivity index is 1.83. The molecule has 0 aliphatic heterocycles. The van der Waals surface area contributed by atoms with E-state index in [2.05, 4.69) is 10.1 Å². The van der Waals surface area contributed by atoms with Crippen LogP contribution in [-0.2, 0) is 6.54 Å². The molecule has 0 heterocycles. The van der Waals surface area contributed by atoms with E-state index in [1.165, 1.54) is 32.8 Å². The lowest BCUT2D eigenvalue weighted by Crippen LogP contribution is -2.21. The lowest BCUT2D eigenvalue weighted by molar-refractivity contribution is -0.0512. The van der Waals surface area contributed by atoms with E-state index in [0.717, 1.165) is 18.0 Å². The molecule has 1 aliphatic carbocycles. The first kappa shape index (κ1) is 15.0. The van der Waals surface area contributed by atoms with E-state index in [9.17, 15) is 8.78 Å². The normalized spacial score (nSPS) is 15.2. The number of ether oxygens (including phenoxy) is 2. The summed E-state index contributed by atoms with van der Waals surface area (Å²) in [5.74, 6) is 1.28. The number of benzene rings is 1. The van der Waals surface area contributed by atoms with Gasteiger partial charge in [-0.05, 0) is 36.6 Å². The van der Waals surface area contributed by atoms with Crippen molar-refractivity contribution < 1.29 is 18.3 Å². The molecule has 0 spiro atoms. The van der Waals surface area contributed by atoms with Crippen LogP contribution < -0.4 is 14.8 Å². The molecule has 0 atom stereocenters. The second kappa shape index (κ2) is 7.43. The summed E-state index contributed by atoms with van der Waals surface area (Å²) in [6, 6.07) is 5.11. The molecular weight excluding hydrogens is 264 g/mol. The van der Waals surface area contributed by atoms with E-state index in [0.29, 0.717) is 12.3 Å². The molecule has 0 bridgehead atoms. The summed E-state index contributed by atoms with van der Waals surface area (Å²) in [6.45, 7) is -1.23. The molecule has 3 nitrogen and oxygen atoms in total. The lowest BCUT2D eigenvalue weighted by atomic mass is 9.83. The van der Waals surface area contributed by atoms with Gasteiger partial charge in [-0.2, -0.15) is 8.78 Å². The van der Waals surface area contributed by atoms with Gasteiger partial charge in [0.1, 0.15) is 0 Å². The van der Waals surface area contributed by atoms with Gasteiger partial charge in [0.05, 0.1) is 7.11 Å². The van der Waals surface area contributed by atoms with Crippen LogP contribution >= 0.6 is 0 Å². The van der Waals surface area contributed by atoms with Gasteiger partial charge in [0.2, 0.25) is 0 Å². The number of halogens is 2. The molecule has 1 fully saturated rings. The molecule has 1 aromatic carbocycles. The van der Waals surface area contributed by atoms with E-state index in [-0.39, 0.29) is 5.75 Å². The molecule has 0 saturated heterocycles. The quantitative estimate of drug-likeness (QED) is 0.741. The fraction of sp³-hybridized carbons (Fsp3) is 0.600. The standard InChI is InChI=1S/C15H21F2NO2/c1-19-13-6-5-12(9-14(13)20-15(16)17)10-18-8-7-11-3-2-4-11/h5-6,9,11,15,18H,2-4,7-8,10H2,1H3. The Labute approximate surface area is 118 Å². The van der Waals surface area contributed by atoms with Crippen molar-refractivity contribution in [3.05, 3.63) is 23.8 Å². The van der Waals surface area contributed by atoms with Crippen molar-refractivity contribution in [2.75, 3.05) is 13.7 Å². The summed E-state index contributed by atoms with van der Waals surface area (Å²) in [4.78, 5) is 0. The zero-order valence-electron chi connectivity index (χ0n) is 11.7. The third-order valence-electron chi connectivity index (χ3n) is 3.73. The molecule has 1 N–H and O–H groups in total. The molecule has 0 unspecified atom stereocenters. The Bertz CT molecular complexity index is 422. The minimum absolute atomic E-state index is 0.0841. The second-order valence-corrected chi connectivity index (χ2v) is 5.13. The van der Waals surface area contributed by atoms with Crippen LogP contribution in [0.25, 0.3) is 0 Å². The summed E-state index contributed by atoms with van der Waals surface area (Å²) in [5, 5.41) is 3.33. The molecule has 0 radical (unpaired) electrons. The monoisotopic (exact) mass is 285 g/mol. The molecule has 0 aromatic heterocycles. The minimum atomic E-state index is -2.84. The summed E-state index contributed by atoms with van der Waals surface area (Å²) in [7, 11) is 1.43. The van der Waals surface area contributed by atoms with E-state index in [4.69, 9.17) is 4.74 Å². The summed E-state index contributed by atoms with van der Waals surface area (Å²) in [5.41, 5.74) is 0.912. The van der Waals surface area contributed by atoms with Crippen LogP contribution in [0.3, 0.4) is 0 Å². The molecule has 0 amide bonds. The van der Waals surface area contributed by atoms with Crippen LogP contribution in [-0.4, -0.2) is 20.3 Å². The van der Waals surface area contributed by atoms with Gasteiger partial charge in [-0.1, -0.05) is 25.3 Å². The topological polar surface area (TPSA) is 30.5 Å². The first-order valence-electron chi connectivity index (χ1n) is 7.01. The van der Waals surface area contributed by atoms with Crippen molar-refractivity contribution in [1.82, 2.24) is 5.32 Å². The third-order valence-corrected chi connectivity index (χ3v) is 3.73. The molecular formula is C15H21F2NO2. The molecule has 5 heteroatoms. The number of methoxy groups -OCH3 is 1. The zero-order valence-corrected chi connectivity index (χ0v) is 11.7. The average Bonchev–Trinajstić information content (AvgIpc) is 2.36. The predicted molar refractivity (Wildman–Crippen MR) is 73.3 cm³/mol. The van der Waals surface area contributed by atoms with Gasteiger partial charge in [-0.3, -0.25) is 0 Å². The first-order valence-corrected chi connectivity index (χ1v) is 7.01. The van der Waals surface area contributed by atoms with Gasteiger partial charge < -0.3 is 14.8 Å². The molecule has 112 valence electrons. The van der Waals surface area contributed by atoms with E-state index >= 15 is 0 Å². The van der Waals surface area contributed by atoms with Crippen LogP contribution in [0.15, 0.2) is 18.2 Å². The maximum absolute atomic E-state index is 12.3.